The van der Waals surface area contributed by atoms with Crippen molar-refractivity contribution in [2.24, 2.45) is 0 Å². The molecule has 0 aliphatic rings. The van der Waals surface area contributed by atoms with Gasteiger partial charge in [-0.25, -0.2) is 0 Å². The molecule has 0 aliphatic heterocycles. The minimum atomic E-state index is -0.560. The molecule has 1 N–H and O–H groups in total. The Hall–Kier alpha value is -3.75. The Morgan fingerprint density at radius 2 is 1.84 bits per heavy atom. The zero-order valence-corrected chi connectivity index (χ0v) is 17.9. The van der Waals surface area contributed by atoms with E-state index in [1.165, 1.54) is 13.2 Å². The van der Waals surface area contributed by atoms with Gasteiger partial charge in [0.1, 0.15) is 18.2 Å². The molecule has 0 saturated heterocycles. The lowest BCUT2D eigenvalue weighted by Gasteiger charge is -2.14. The molecular formula is C25H21ClN2O3. The molecular weight excluding hydrogens is 412 g/mol. The molecule has 0 heterocycles. The van der Waals surface area contributed by atoms with Gasteiger partial charge in [-0.2, -0.15) is 5.26 Å². The van der Waals surface area contributed by atoms with Crippen LogP contribution in [0.25, 0.3) is 6.08 Å². The van der Waals surface area contributed by atoms with Gasteiger partial charge in [-0.15, -0.1) is 0 Å². The van der Waals surface area contributed by atoms with Crippen molar-refractivity contribution in [3.05, 3.63) is 94.0 Å². The third kappa shape index (κ3) is 5.44. The Balaban J connectivity index is 1.91. The second-order valence-corrected chi connectivity index (χ2v) is 7.12. The molecule has 0 aliphatic carbocycles. The van der Waals surface area contributed by atoms with Crippen molar-refractivity contribution >= 4 is 29.3 Å². The van der Waals surface area contributed by atoms with Crippen LogP contribution in [0.3, 0.4) is 0 Å². The van der Waals surface area contributed by atoms with Crippen LogP contribution in [0.1, 0.15) is 16.7 Å². The van der Waals surface area contributed by atoms with E-state index >= 15 is 0 Å². The van der Waals surface area contributed by atoms with Gasteiger partial charge >= 0.3 is 0 Å². The molecule has 3 aromatic carbocycles. The number of ether oxygens (including phenoxy) is 2. The number of benzene rings is 3. The monoisotopic (exact) mass is 432 g/mol. The van der Waals surface area contributed by atoms with Crippen LogP contribution in [-0.2, 0) is 11.4 Å². The van der Waals surface area contributed by atoms with Crippen LogP contribution < -0.4 is 14.8 Å². The normalized spacial score (nSPS) is 10.8. The second kappa shape index (κ2) is 10.3. The van der Waals surface area contributed by atoms with Gasteiger partial charge in [0, 0.05) is 5.56 Å². The number of hydrogen-bond acceptors (Lipinski definition) is 4. The number of rotatable bonds is 7. The van der Waals surface area contributed by atoms with Crippen molar-refractivity contribution < 1.29 is 14.3 Å². The molecule has 156 valence electrons. The van der Waals surface area contributed by atoms with Crippen molar-refractivity contribution in [1.29, 1.82) is 5.26 Å². The third-order valence-electron chi connectivity index (χ3n) is 4.58. The molecule has 0 atom stereocenters. The quantitative estimate of drug-likeness (QED) is 0.379. The number of nitriles is 1. The van der Waals surface area contributed by atoms with Crippen molar-refractivity contribution in [1.82, 2.24) is 0 Å². The summed E-state index contributed by atoms with van der Waals surface area (Å²) < 4.78 is 11.4. The van der Waals surface area contributed by atoms with Crippen LogP contribution in [0.15, 0.2) is 72.3 Å². The van der Waals surface area contributed by atoms with E-state index in [4.69, 9.17) is 21.1 Å². The average Bonchev–Trinajstić information content (AvgIpc) is 2.79. The van der Waals surface area contributed by atoms with E-state index in [1.807, 2.05) is 49.4 Å². The number of nitrogens with one attached hydrogen (secondary N) is 1. The van der Waals surface area contributed by atoms with Crippen LogP contribution in [0.5, 0.6) is 11.5 Å². The molecule has 0 spiro atoms. The Morgan fingerprint density at radius 1 is 1.10 bits per heavy atom. The number of hydrogen-bond donors (Lipinski definition) is 1. The molecule has 31 heavy (non-hydrogen) atoms. The molecule has 5 nitrogen and oxygen atoms in total. The first-order valence-corrected chi connectivity index (χ1v) is 9.93. The van der Waals surface area contributed by atoms with Gasteiger partial charge in [0.05, 0.1) is 17.8 Å². The minimum Gasteiger partial charge on any atom is -0.493 e. The molecule has 0 unspecified atom stereocenters. The summed E-state index contributed by atoms with van der Waals surface area (Å²) in [5.74, 6) is 0.392. The maximum atomic E-state index is 12.8. The highest BCUT2D eigenvalue weighted by Crippen LogP contribution is 2.33. The molecule has 0 saturated carbocycles. The summed E-state index contributed by atoms with van der Waals surface area (Å²) in [5, 5.41) is 12.7. The van der Waals surface area contributed by atoms with Gasteiger partial charge in [0.2, 0.25) is 0 Å². The second-order valence-electron chi connectivity index (χ2n) is 6.71. The standard InChI is InChI=1S/C25H21ClN2O3/c1-17-8-6-12-21(26)23(17)28-25(29)20(15-27)14-19-11-7-13-22(30-2)24(19)31-16-18-9-4-3-5-10-18/h3-14H,16H2,1-2H3,(H,28,29)/b20-14+. The number of para-hydroxylation sites is 2. The highest BCUT2D eigenvalue weighted by molar-refractivity contribution is 6.34. The van der Waals surface area contributed by atoms with E-state index in [0.29, 0.717) is 34.4 Å². The number of halogens is 1. The first-order valence-electron chi connectivity index (χ1n) is 9.55. The lowest BCUT2D eigenvalue weighted by molar-refractivity contribution is -0.112. The van der Waals surface area contributed by atoms with Crippen molar-refractivity contribution in [3.63, 3.8) is 0 Å². The van der Waals surface area contributed by atoms with Gasteiger partial charge in [0.25, 0.3) is 5.91 Å². The lowest BCUT2D eigenvalue weighted by Crippen LogP contribution is -2.14. The predicted molar refractivity (Wildman–Crippen MR) is 122 cm³/mol. The van der Waals surface area contributed by atoms with Crippen molar-refractivity contribution in [2.45, 2.75) is 13.5 Å². The predicted octanol–water partition coefficient (Wildman–Crippen LogP) is 5.78. The Kier molecular flexibility index (Phi) is 7.31. The Labute approximate surface area is 186 Å². The maximum absolute atomic E-state index is 12.8. The molecule has 1 amide bonds. The summed E-state index contributed by atoms with van der Waals surface area (Å²) in [6, 6.07) is 22.2. The highest BCUT2D eigenvalue weighted by Gasteiger charge is 2.16. The number of methoxy groups -OCH3 is 1. The van der Waals surface area contributed by atoms with Gasteiger partial charge in [-0.3, -0.25) is 4.79 Å². The van der Waals surface area contributed by atoms with Crippen LogP contribution in [0.2, 0.25) is 5.02 Å². The fourth-order valence-corrected chi connectivity index (χ4v) is 3.24. The number of nitrogens with zero attached hydrogens (tertiary/aromatic N) is 1. The molecule has 0 fully saturated rings. The molecule has 0 bridgehead atoms. The topological polar surface area (TPSA) is 71.3 Å². The molecule has 3 rings (SSSR count). The van der Waals surface area contributed by atoms with Crippen molar-refractivity contribution in [2.75, 3.05) is 12.4 Å². The molecule has 3 aromatic rings. The zero-order valence-electron chi connectivity index (χ0n) is 17.2. The summed E-state index contributed by atoms with van der Waals surface area (Å²) >= 11 is 6.19. The Bertz CT molecular complexity index is 1130. The van der Waals surface area contributed by atoms with Gasteiger partial charge in [0.15, 0.2) is 11.5 Å². The number of carbonyl (C=O) groups is 1. The van der Waals surface area contributed by atoms with E-state index < -0.39 is 5.91 Å². The fourth-order valence-electron chi connectivity index (χ4n) is 2.97. The van der Waals surface area contributed by atoms with Crippen LogP contribution in [0.4, 0.5) is 5.69 Å². The van der Waals surface area contributed by atoms with Crippen LogP contribution in [0, 0.1) is 18.3 Å². The number of anilines is 1. The number of carbonyl (C=O) groups excluding carboxylic acids is 1. The summed E-state index contributed by atoms with van der Waals surface area (Å²) in [4.78, 5) is 12.8. The smallest absolute Gasteiger partial charge is 0.266 e. The minimum absolute atomic E-state index is 0.0860. The summed E-state index contributed by atoms with van der Waals surface area (Å²) in [7, 11) is 1.54. The van der Waals surface area contributed by atoms with E-state index in [1.54, 1.807) is 30.3 Å². The average molecular weight is 433 g/mol. The summed E-state index contributed by atoms with van der Waals surface area (Å²) in [6.07, 6.45) is 1.48. The van der Waals surface area contributed by atoms with E-state index in [9.17, 15) is 10.1 Å². The summed E-state index contributed by atoms with van der Waals surface area (Å²) in [5.41, 5.74) is 2.72. The molecule has 0 radical (unpaired) electrons. The molecule has 0 aromatic heterocycles. The largest absolute Gasteiger partial charge is 0.493 e. The first-order chi connectivity index (χ1) is 15.0. The van der Waals surface area contributed by atoms with Crippen LogP contribution >= 0.6 is 11.6 Å². The van der Waals surface area contributed by atoms with Gasteiger partial charge in [-0.1, -0.05) is 66.2 Å². The van der Waals surface area contributed by atoms with Crippen LogP contribution in [-0.4, -0.2) is 13.0 Å². The SMILES string of the molecule is COc1cccc(/C=C(\C#N)C(=O)Nc2c(C)cccc2Cl)c1OCc1ccccc1. The maximum Gasteiger partial charge on any atom is 0.266 e. The fraction of sp³-hybridized carbons (Fsp3) is 0.120. The number of aryl methyl sites for hydroxylation is 1. The third-order valence-corrected chi connectivity index (χ3v) is 4.90. The highest BCUT2D eigenvalue weighted by atomic mass is 35.5. The van der Waals surface area contributed by atoms with E-state index in [-0.39, 0.29) is 5.57 Å². The lowest BCUT2D eigenvalue weighted by atomic mass is 10.1. The Morgan fingerprint density at radius 3 is 2.52 bits per heavy atom. The summed E-state index contributed by atoms with van der Waals surface area (Å²) in [6.45, 7) is 2.14. The molecule has 6 heteroatoms. The van der Waals surface area contributed by atoms with E-state index in [0.717, 1.165) is 11.1 Å². The van der Waals surface area contributed by atoms with Crippen molar-refractivity contribution in [3.8, 4) is 17.6 Å². The number of amides is 1. The van der Waals surface area contributed by atoms with Gasteiger partial charge in [-0.05, 0) is 36.3 Å². The zero-order chi connectivity index (χ0) is 22.2. The first kappa shape index (κ1) is 21.9. The van der Waals surface area contributed by atoms with Gasteiger partial charge < -0.3 is 14.8 Å². The van der Waals surface area contributed by atoms with E-state index in [2.05, 4.69) is 5.32 Å².